The van der Waals surface area contributed by atoms with Crippen molar-refractivity contribution in [3.8, 4) is 22.8 Å². The van der Waals surface area contributed by atoms with Gasteiger partial charge in [-0.1, -0.05) is 37.6 Å². The summed E-state index contributed by atoms with van der Waals surface area (Å²) in [6, 6.07) is 13.9. The zero-order valence-corrected chi connectivity index (χ0v) is 17.6. The smallest absolute Gasteiger partial charge is 0.327 e. The molecule has 1 aromatic carbocycles. The lowest BCUT2D eigenvalue weighted by Gasteiger charge is -2.17. The average Bonchev–Trinajstić information content (AvgIpc) is 3.32. The maximum absolute atomic E-state index is 12.3. The molecule has 0 saturated carbocycles. The number of rotatable bonds is 9. The van der Waals surface area contributed by atoms with Gasteiger partial charge in [-0.2, -0.15) is 5.10 Å². The number of likely N-dealkylation sites (N-methyl/N-ethyl adjacent to an activating group) is 1. The molecule has 0 amide bonds. The molecule has 6 heteroatoms. The van der Waals surface area contributed by atoms with E-state index in [1.807, 2.05) is 37.3 Å². The lowest BCUT2D eigenvalue weighted by Crippen LogP contribution is -2.28. The van der Waals surface area contributed by atoms with Crippen LogP contribution in [0.5, 0.6) is 0 Å². The fraction of sp³-hybridized carbons (Fsp3) is 0.391. The van der Waals surface area contributed by atoms with E-state index in [1.165, 1.54) is 5.56 Å². The molecule has 29 heavy (non-hydrogen) atoms. The van der Waals surface area contributed by atoms with Crippen LogP contribution in [-0.4, -0.2) is 46.9 Å². The van der Waals surface area contributed by atoms with Gasteiger partial charge in [0.25, 0.3) is 0 Å². The number of ether oxygens (including phenoxy) is 1. The number of hydrogen-bond acceptors (Lipinski definition) is 5. The van der Waals surface area contributed by atoms with Gasteiger partial charge in [-0.3, -0.25) is 9.48 Å². The molecule has 0 N–H and O–H groups in total. The van der Waals surface area contributed by atoms with Gasteiger partial charge in [-0.25, -0.2) is 0 Å². The maximum Gasteiger partial charge on any atom is 0.327 e. The highest BCUT2D eigenvalue weighted by Gasteiger charge is 2.16. The van der Waals surface area contributed by atoms with Gasteiger partial charge in [0.15, 0.2) is 5.76 Å². The topological polar surface area (TPSA) is 60.5 Å². The molecule has 0 saturated heterocycles. The Balaban J connectivity index is 1.70. The quantitative estimate of drug-likeness (QED) is 0.505. The molecule has 154 valence electrons. The molecule has 0 aliphatic heterocycles. The summed E-state index contributed by atoms with van der Waals surface area (Å²) in [7, 11) is 0. The Labute approximate surface area is 172 Å². The van der Waals surface area contributed by atoms with Crippen molar-refractivity contribution in [2.75, 3.05) is 26.2 Å². The molecular weight excluding hydrogens is 366 g/mol. The number of aryl methyl sites for hydroxylation is 2. The summed E-state index contributed by atoms with van der Waals surface area (Å²) in [5.74, 6) is 1.17. The molecule has 0 aliphatic carbocycles. The predicted molar refractivity (Wildman–Crippen MR) is 114 cm³/mol. The van der Waals surface area contributed by atoms with E-state index < -0.39 is 0 Å². The van der Waals surface area contributed by atoms with Crippen LogP contribution in [0.15, 0.2) is 46.9 Å². The molecule has 0 atom stereocenters. The number of hydrogen-bond donors (Lipinski definition) is 0. The molecule has 0 spiro atoms. The third kappa shape index (κ3) is 5.35. The average molecular weight is 396 g/mol. The summed E-state index contributed by atoms with van der Waals surface area (Å²) in [5, 5.41) is 4.44. The highest BCUT2D eigenvalue weighted by atomic mass is 16.5. The number of benzene rings is 1. The summed E-state index contributed by atoms with van der Waals surface area (Å²) in [6.07, 6.45) is 0. The van der Waals surface area contributed by atoms with Crippen LogP contribution in [0.25, 0.3) is 22.8 Å². The molecule has 2 heterocycles. The normalized spacial score (nSPS) is 11.2. The van der Waals surface area contributed by atoms with Gasteiger partial charge in [0.1, 0.15) is 24.6 Å². The fourth-order valence-electron chi connectivity index (χ4n) is 3.29. The molecule has 6 nitrogen and oxygen atoms in total. The Morgan fingerprint density at radius 2 is 1.86 bits per heavy atom. The number of esters is 1. The van der Waals surface area contributed by atoms with Gasteiger partial charge in [0.2, 0.25) is 0 Å². The van der Waals surface area contributed by atoms with Crippen LogP contribution in [0.3, 0.4) is 0 Å². The van der Waals surface area contributed by atoms with Gasteiger partial charge in [-0.15, -0.1) is 0 Å². The number of nitrogens with zero attached hydrogens (tertiary/aromatic N) is 3. The van der Waals surface area contributed by atoms with Gasteiger partial charge in [0.05, 0.1) is 5.69 Å². The third-order valence-electron chi connectivity index (χ3n) is 4.91. The fourth-order valence-corrected chi connectivity index (χ4v) is 3.29. The second-order valence-corrected chi connectivity index (χ2v) is 7.11. The number of carbonyl (C=O) groups excluding carboxylic acids is 1. The number of furan rings is 1. The standard InChI is InChI=1S/C23H29N3O3/c1-5-25(6-2)12-13-28-23(27)16-26-20(15-18(4)24-26)22-11-10-21(29-22)19-9-7-8-17(3)14-19/h7-11,14-15H,5-6,12-13,16H2,1-4H3. The van der Waals surface area contributed by atoms with Crippen molar-refractivity contribution in [2.45, 2.75) is 34.2 Å². The van der Waals surface area contributed by atoms with Crippen LogP contribution in [0, 0.1) is 13.8 Å². The van der Waals surface area contributed by atoms with E-state index in [2.05, 4.69) is 42.9 Å². The van der Waals surface area contributed by atoms with Gasteiger partial charge >= 0.3 is 5.97 Å². The van der Waals surface area contributed by atoms with E-state index in [0.717, 1.165) is 42.3 Å². The van der Waals surface area contributed by atoms with Gasteiger partial charge in [0, 0.05) is 12.1 Å². The van der Waals surface area contributed by atoms with Gasteiger partial charge < -0.3 is 14.1 Å². The molecule has 0 radical (unpaired) electrons. The molecule has 0 aliphatic rings. The van der Waals surface area contributed by atoms with Crippen molar-refractivity contribution in [3.05, 3.63) is 53.7 Å². The van der Waals surface area contributed by atoms with Crippen LogP contribution in [0.4, 0.5) is 0 Å². The first-order valence-corrected chi connectivity index (χ1v) is 10.1. The van der Waals surface area contributed by atoms with Crippen molar-refractivity contribution >= 4 is 5.97 Å². The van der Waals surface area contributed by atoms with E-state index in [-0.39, 0.29) is 12.5 Å². The first-order valence-electron chi connectivity index (χ1n) is 10.1. The Morgan fingerprint density at radius 3 is 2.59 bits per heavy atom. The Morgan fingerprint density at radius 1 is 1.10 bits per heavy atom. The Hall–Kier alpha value is -2.86. The lowest BCUT2D eigenvalue weighted by molar-refractivity contribution is -0.144. The first kappa shape index (κ1) is 20.9. The Kier molecular flexibility index (Phi) is 6.88. The molecule has 3 rings (SSSR count). The zero-order valence-electron chi connectivity index (χ0n) is 17.6. The highest BCUT2D eigenvalue weighted by molar-refractivity contribution is 5.71. The zero-order chi connectivity index (χ0) is 20.8. The maximum atomic E-state index is 12.3. The van der Waals surface area contributed by atoms with Crippen LogP contribution in [-0.2, 0) is 16.1 Å². The van der Waals surface area contributed by atoms with Crippen molar-refractivity contribution in [1.82, 2.24) is 14.7 Å². The first-order chi connectivity index (χ1) is 14.0. The molecular formula is C23H29N3O3. The van der Waals surface area contributed by atoms with Crippen LogP contribution < -0.4 is 0 Å². The monoisotopic (exact) mass is 395 g/mol. The van der Waals surface area contributed by atoms with Crippen LogP contribution >= 0.6 is 0 Å². The van der Waals surface area contributed by atoms with Crippen LogP contribution in [0.1, 0.15) is 25.1 Å². The largest absolute Gasteiger partial charge is 0.463 e. The van der Waals surface area contributed by atoms with Crippen molar-refractivity contribution in [1.29, 1.82) is 0 Å². The van der Waals surface area contributed by atoms with Crippen molar-refractivity contribution in [2.24, 2.45) is 0 Å². The summed E-state index contributed by atoms with van der Waals surface area (Å²) < 4.78 is 13.1. The van der Waals surface area contributed by atoms with E-state index in [0.29, 0.717) is 12.4 Å². The highest BCUT2D eigenvalue weighted by Crippen LogP contribution is 2.29. The minimum absolute atomic E-state index is 0.0574. The van der Waals surface area contributed by atoms with Crippen LogP contribution in [0.2, 0.25) is 0 Å². The molecule has 0 unspecified atom stereocenters. The minimum Gasteiger partial charge on any atom is -0.463 e. The second kappa shape index (κ2) is 9.56. The number of aromatic nitrogens is 2. The summed E-state index contributed by atoms with van der Waals surface area (Å²) in [5.41, 5.74) is 3.79. The summed E-state index contributed by atoms with van der Waals surface area (Å²) in [6.45, 7) is 11.2. The molecule has 2 aromatic heterocycles. The van der Waals surface area contributed by atoms with E-state index in [9.17, 15) is 4.79 Å². The van der Waals surface area contributed by atoms with Crippen molar-refractivity contribution < 1.29 is 13.9 Å². The minimum atomic E-state index is -0.299. The van der Waals surface area contributed by atoms with Crippen molar-refractivity contribution in [3.63, 3.8) is 0 Å². The van der Waals surface area contributed by atoms with E-state index in [1.54, 1.807) is 4.68 Å². The molecule has 3 aromatic rings. The SMILES string of the molecule is CCN(CC)CCOC(=O)Cn1nc(C)cc1-c1ccc(-c2cccc(C)c2)o1. The predicted octanol–water partition coefficient (Wildman–Crippen LogP) is 4.31. The Bertz CT molecular complexity index is 954. The summed E-state index contributed by atoms with van der Waals surface area (Å²) >= 11 is 0. The summed E-state index contributed by atoms with van der Waals surface area (Å²) in [4.78, 5) is 14.5. The van der Waals surface area contributed by atoms with E-state index >= 15 is 0 Å². The lowest BCUT2D eigenvalue weighted by atomic mass is 10.1. The third-order valence-corrected chi connectivity index (χ3v) is 4.91. The number of carbonyl (C=O) groups is 1. The van der Waals surface area contributed by atoms with E-state index in [4.69, 9.17) is 9.15 Å². The molecule has 0 fully saturated rings. The molecule has 0 bridgehead atoms. The van der Waals surface area contributed by atoms with Gasteiger partial charge in [-0.05, 0) is 51.2 Å². The second-order valence-electron chi connectivity index (χ2n) is 7.11.